The molecule has 0 fully saturated rings. The van der Waals surface area contributed by atoms with Gasteiger partial charge in [-0.3, -0.25) is 0 Å². The molecule has 1 N–H and O–H groups in total. The van der Waals surface area contributed by atoms with Gasteiger partial charge in [-0.1, -0.05) is 44.2 Å². The fourth-order valence-corrected chi connectivity index (χ4v) is 2.40. The third kappa shape index (κ3) is 6.56. The van der Waals surface area contributed by atoms with E-state index < -0.39 is 0 Å². The standard InChI is InChI=1S/C20H26FNO2.ClH/c1-15(2)11-12-22-13-16-8-6-10-19(23-3)20(16)24-14-17-7-4-5-9-18(17)21;/h4-10,15,22H,11-14H2,1-3H3;1H. The van der Waals surface area contributed by atoms with E-state index in [-0.39, 0.29) is 24.8 Å². The molecule has 0 heterocycles. The molecule has 0 spiro atoms. The molecular formula is C20H27ClFNO2. The number of hydrogen-bond acceptors (Lipinski definition) is 3. The van der Waals surface area contributed by atoms with Crippen LogP contribution in [0.15, 0.2) is 42.5 Å². The Morgan fingerprint density at radius 3 is 2.44 bits per heavy atom. The number of para-hydroxylation sites is 1. The Kier molecular flexibility index (Phi) is 9.32. The molecule has 2 aromatic carbocycles. The minimum absolute atomic E-state index is 0. The minimum atomic E-state index is -0.260. The highest BCUT2D eigenvalue weighted by Crippen LogP contribution is 2.32. The van der Waals surface area contributed by atoms with Crippen LogP contribution in [0.25, 0.3) is 0 Å². The summed E-state index contributed by atoms with van der Waals surface area (Å²) < 4.78 is 25.1. The van der Waals surface area contributed by atoms with E-state index in [1.807, 2.05) is 18.2 Å². The molecule has 0 unspecified atom stereocenters. The third-order valence-electron chi connectivity index (χ3n) is 3.82. The van der Waals surface area contributed by atoms with Crippen molar-refractivity contribution in [3.8, 4) is 11.5 Å². The molecular weight excluding hydrogens is 341 g/mol. The first-order chi connectivity index (χ1) is 11.6. The Labute approximate surface area is 156 Å². The Morgan fingerprint density at radius 1 is 1.04 bits per heavy atom. The van der Waals surface area contributed by atoms with Crippen molar-refractivity contribution >= 4 is 12.4 Å². The van der Waals surface area contributed by atoms with E-state index in [0.29, 0.717) is 29.5 Å². The van der Waals surface area contributed by atoms with Crippen molar-refractivity contribution in [1.29, 1.82) is 0 Å². The maximum absolute atomic E-state index is 13.8. The second-order valence-corrected chi connectivity index (χ2v) is 6.19. The molecule has 5 heteroatoms. The average Bonchev–Trinajstić information content (AvgIpc) is 2.58. The largest absolute Gasteiger partial charge is 0.493 e. The average molecular weight is 368 g/mol. The zero-order valence-corrected chi connectivity index (χ0v) is 15.9. The normalized spacial score (nSPS) is 10.4. The topological polar surface area (TPSA) is 30.5 Å². The molecule has 0 radical (unpaired) electrons. The van der Waals surface area contributed by atoms with Crippen molar-refractivity contribution in [3.63, 3.8) is 0 Å². The summed E-state index contributed by atoms with van der Waals surface area (Å²) >= 11 is 0. The number of ether oxygens (including phenoxy) is 2. The van der Waals surface area contributed by atoms with Gasteiger partial charge in [-0.05, 0) is 31.0 Å². The van der Waals surface area contributed by atoms with Crippen molar-refractivity contribution < 1.29 is 13.9 Å². The van der Waals surface area contributed by atoms with E-state index in [0.717, 1.165) is 18.5 Å². The van der Waals surface area contributed by atoms with Crippen LogP contribution in [0.3, 0.4) is 0 Å². The lowest BCUT2D eigenvalue weighted by Gasteiger charge is -2.16. The molecule has 0 amide bonds. The predicted molar refractivity (Wildman–Crippen MR) is 102 cm³/mol. The van der Waals surface area contributed by atoms with Gasteiger partial charge in [0.25, 0.3) is 0 Å². The maximum atomic E-state index is 13.8. The van der Waals surface area contributed by atoms with Crippen LogP contribution in [0.1, 0.15) is 31.4 Å². The highest BCUT2D eigenvalue weighted by atomic mass is 35.5. The molecule has 138 valence electrons. The van der Waals surface area contributed by atoms with Crippen molar-refractivity contribution in [2.45, 2.75) is 33.4 Å². The summed E-state index contributed by atoms with van der Waals surface area (Å²) in [5, 5.41) is 3.42. The van der Waals surface area contributed by atoms with Gasteiger partial charge < -0.3 is 14.8 Å². The fraction of sp³-hybridized carbons (Fsp3) is 0.400. The number of nitrogens with one attached hydrogen (secondary N) is 1. The van der Waals surface area contributed by atoms with Crippen molar-refractivity contribution in [1.82, 2.24) is 5.32 Å². The second-order valence-electron chi connectivity index (χ2n) is 6.19. The van der Waals surface area contributed by atoms with Crippen LogP contribution in [0, 0.1) is 11.7 Å². The smallest absolute Gasteiger partial charge is 0.166 e. The Balaban J connectivity index is 0.00000312. The van der Waals surface area contributed by atoms with Gasteiger partial charge in [-0.2, -0.15) is 0 Å². The summed E-state index contributed by atoms with van der Waals surface area (Å²) in [6.45, 7) is 6.22. The first kappa shape index (κ1) is 21.3. The van der Waals surface area contributed by atoms with Gasteiger partial charge in [0, 0.05) is 17.7 Å². The summed E-state index contributed by atoms with van der Waals surface area (Å²) in [7, 11) is 1.61. The first-order valence-electron chi connectivity index (χ1n) is 8.34. The van der Waals surface area contributed by atoms with Crippen LogP contribution in [-0.4, -0.2) is 13.7 Å². The zero-order valence-electron chi connectivity index (χ0n) is 15.0. The molecule has 0 aliphatic heterocycles. The van der Waals surface area contributed by atoms with Crippen molar-refractivity contribution in [3.05, 3.63) is 59.4 Å². The van der Waals surface area contributed by atoms with Gasteiger partial charge >= 0.3 is 0 Å². The van der Waals surface area contributed by atoms with Crippen LogP contribution in [-0.2, 0) is 13.2 Å². The molecule has 0 bridgehead atoms. The number of rotatable bonds is 9. The van der Waals surface area contributed by atoms with Gasteiger partial charge in [-0.25, -0.2) is 4.39 Å². The SMILES string of the molecule is COc1cccc(CNCCC(C)C)c1OCc1ccccc1F.Cl. The lowest BCUT2D eigenvalue weighted by Crippen LogP contribution is -2.17. The molecule has 2 rings (SSSR count). The van der Waals surface area contributed by atoms with E-state index >= 15 is 0 Å². The second kappa shape index (κ2) is 11.0. The molecule has 25 heavy (non-hydrogen) atoms. The predicted octanol–water partition coefficient (Wildman–Crippen LogP) is 4.97. The van der Waals surface area contributed by atoms with E-state index in [2.05, 4.69) is 19.2 Å². The van der Waals surface area contributed by atoms with E-state index in [1.54, 1.807) is 25.3 Å². The van der Waals surface area contributed by atoms with Gasteiger partial charge in [0.1, 0.15) is 12.4 Å². The number of halogens is 2. The molecule has 3 nitrogen and oxygen atoms in total. The van der Waals surface area contributed by atoms with Gasteiger partial charge in [0.05, 0.1) is 7.11 Å². The van der Waals surface area contributed by atoms with Crippen molar-refractivity contribution in [2.75, 3.05) is 13.7 Å². The van der Waals surface area contributed by atoms with Gasteiger partial charge in [-0.15, -0.1) is 12.4 Å². The summed E-state index contributed by atoms with van der Waals surface area (Å²) in [4.78, 5) is 0. The van der Waals surface area contributed by atoms with Gasteiger partial charge in [0.2, 0.25) is 0 Å². The lowest BCUT2D eigenvalue weighted by atomic mass is 10.1. The van der Waals surface area contributed by atoms with E-state index in [4.69, 9.17) is 9.47 Å². The van der Waals surface area contributed by atoms with E-state index in [1.165, 1.54) is 6.07 Å². The van der Waals surface area contributed by atoms with Crippen LogP contribution >= 0.6 is 12.4 Å². The lowest BCUT2D eigenvalue weighted by molar-refractivity contribution is 0.276. The third-order valence-corrected chi connectivity index (χ3v) is 3.82. The molecule has 0 atom stereocenters. The molecule has 0 saturated carbocycles. The fourth-order valence-electron chi connectivity index (χ4n) is 2.40. The van der Waals surface area contributed by atoms with Crippen molar-refractivity contribution in [2.24, 2.45) is 5.92 Å². The van der Waals surface area contributed by atoms with Crippen LogP contribution in [0.5, 0.6) is 11.5 Å². The summed E-state index contributed by atoms with van der Waals surface area (Å²) in [5.74, 6) is 1.73. The Bertz CT molecular complexity index is 649. The zero-order chi connectivity index (χ0) is 17.4. The van der Waals surface area contributed by atoms with Gasteiger partial charge in [0.15, 0.2) is 11.5 Å². The maximum Gasteiger partial charge on any atom is 0.166 e. The first-order valence-corrected chi connectivity index (χ1v) is 8.34. The molecule has 2 aromatic rings. The molecule has 0 saturated heterocycles. The van der Waals surface area contributed by atoms with E-state index in [9.17, 15) is 4.39 Å². The number of benzene rings is 2. The monoisotopic (exact) mass is 367 g/mol. The molecule has 0 aliphatic carbocycles. The highest BCUT2D eigenvalue weighted by Gasteiger charge is 2.12. The van der Waals surface area contributed by atoms with Crippen LogP contribution in [0.2, 0.25) is 0 Å². The summed E-state index contributed by atoms with van der Waals surface area (Å²) in [6, 6.07) is 12.4. The van der Waals surface area contributed by atoms with Crippen LogP contribution < -0.4 is 14.8 Å². The number of methoxy groups -OCH3 is 1. The minimum Gasteiger partial charge on any atom is -0.493 e. The summed E-state index contributed by atoms with van der Waals surface area (Å²) in [5.41, 5.74) is 1.54. The summed E-state index contributed by atoms with van der Waals surface area (Å²) in [6.07, 6.45) is 1.12. The number of hydrogen-bond donors (Lipinski definition) is 1. The molecule has 0 aromatic heterocycles. The Morgan fingerprint density at radius 2 is 1.76 bits per heavy atom. The van der Waals surface area contributed by atoms with Crippen LogP contribution in [0.4, 0.5) is 4.39 Å². The highest BCUT2D eigenvalue weighted by molar-refractivity contribution is 5.85. The molecule has 0 aliphatic rings. The Hall–Kier alpha value is -1.78. The quantitative estimate of drug-likeness (QED) is 0.634.